The lowest BCUT2D eigenvalue weighted by Gasteiger charge is -2.13. The summed E-state index contributed by atoms with van der Waals surface area (Å²) < 4.78 is 11.3. The van der Waals surface area contributed by atoms with Crippen molar-refractivity contribution in [1.82, 2.24) is 0 Å². The normalized spacial score (nSPS) is 20.5. The van der Waals surface area contributed by atoms with E-state index in [-0.39, 0.29) is 5.60 Å². The highest BCUT2D eigenvalue weighted by molar-refractivity contribution is 5.33. The summed E-state index contributed by atoms with van der Waals surface area (Å²) >= 11 is 0. The Kier molecular flexibility index (Phi) is 6.98. The fourth-order valence-electron chi connectivity index (χ4n) is 2.42. The van der Waals surface area contributed by atoms with Gasteiger partial charge in [0.25, 0.3) is 0 Å². The molecule has 0 saturated carbocycles. The van der Waals surface area contributed by atoms with Crippen LogP contribution in [0.3, 0.4) is 0 Å². The smallest absolute Gasteiger partial charge is 0.123 e. The quantitative estimate of drug-likeness (QED) is 0.314. The molecular formula is C20H30O2. The van der Waals surface area contributed by atoms with Crippen LogP contribution in [0.4, 0.5) is 0 Å². The minimum atomic E-state index is -0.0452. The first-order valence-corrected chi connectivity index (χ1v) is 8.73. The first-order valence-electron chi connectivity index (χ1n) is 8.73. The summed E-state index contributed by atoms with van der Waals surface area (Å²) in [5.74, 6) is 1.03. The Morgan fingerprint density at radius 2 is 1.86 bits per heavy atom. The zero-order valence-electron chi connectivity index (χ0n) is 14.1. The van der Waals surface area contributed by atoms with Gasteiger partial charge in [0.05, 0.1) is 6.61 Å². The lowest BCUT2D eigenvalue weighted by molar-refractivity contribution is 0.201. The number of allylic oxidation sites excluding steroid dienone is 2. The zero-order chi connectivity index (χ0) is 15.7. The van der Waals surface area contributed by atoms with E-state index in [1.54, 1.807) is 0 Å². The fraction of sp³-hybridized carbons (Fsp3) is 0.600. The molecule has 22 heavy (non-hydrogen) atoms. The van der Waals surface area contributed by atoms with Crippen molar-refractivity contribution in [3.8, 4) is 5.75 Å². The molecule has 2 rings (SSSR count). The third-order valence-electron chi connectivity index (χ3n) is 4.10. The molecule has 1 aliphatic heterocycles. The van der Waals surface area contributed by atoms with Gasteiger partial charge in [0.15, 0.2) is 0 Å². The molecule has 2 nitrogen and oxygen atoms in total. The summed E-state index contributed by atoms with van der Waals surface area (Å²) in [6, 6.07) is 8.40. The Morgan fingerprint density at radius 3 is 2.59 bits per heavy atom. The van der Waals surface area contributed by atoms with Crippen molar-refractivity contribution in [1.29, 1.82) is 0 Å². The van der Waals surface area contributed by atoms with E-state index in [9.17, 15) is 0 Å². The third kappa shape index (κ3) is 6.23. The van der Waals surface area contributed by atoms with Gasteiger partial charge in [-0.15, -0.1) is 0 Å². The topological polar surface area (TPSA) is 21.8 Å². The highest BCUT2D eigenvalue weighted by Crippen LogP contribution is 2.28. The molecule has 0 aliphatic carbocycles. The Bertz CT molecular complexity index is 461. The molecule has 1 atom stereocenters. The largest absolute Gasteiger partial charge is 0.490 e. The van der Waals surface area contributed by atoms with Crippen LogP contribution in [-0.4, -0.2) is 18.8 Å². The first-order chi connectivity index (χ1) is 10.7. The molecule has 1 aromatic rings. The van der Waals surface area contributed by atoms with Crippen LogP contribution in [0.5, 0.6) is 5.75 Å². The zero-order valence-corrected chi connectivity index (χ0v) is 14.1. The molecule has 1 aromatic carbocycles. The van der Waals surface area contributed by atoms with Crippen molar-refractivity contribution < 1.29 is 9.47 Å². The second kappa shape index (κ2) is 8.99. The monoisotopic (exact) mass is 302 g/mol. The molecule has 1 unspecified atom stereocenters. The van der Waals surface area contributed by atoms with Gasteiger partial charge in [-0.3, -0.25) is 0 Å². The average Bonchev–Trinajstić information content (AvgIpc) is 3.27. The van der Waals surface area contributed by atoms with Crippen LogP contribution in [0.2, 0.25) is 0 Å². The molecular weight excluding hydrogens is 272 g/mol. The summed E-state index contributed by atoms with van der Waals surface area (Å²) in [6.07, 6.45) is 13.2. The molecule has 1 fully saturated rings. The molecule has 0 amide bonds. The number of hydrogen-bond acceptors (Lipinski definition) is 2. The molecule has 0 aromatic heterocycles. The lowest BCUT2D eigenvalue weighted by atomic mass is 10.1. The Balaban J connectivity index is 1.67. The van der Waals surface area contributed by atoms with E-state index in [0.717, 1.165) is 18.8 Å². The molecule has 0 bridgehead atoms. The Hall–Kier alpha value is -1.28. The van der Waals surface area contributed by atoms with Gasteiger partial charge in [0.2, 0.25) is 0 Å². The van der Waals surface area contributed by atoms with Gasteiger partial charge in [0, 0.05) is 0 Å². The SMILES string of the molecule is CCCC/C=C/CCCCc1ccccc1OCC1(C)CO1. The molecule has 0 spiro atoms. The molecule has 122 valence electrons. The fourth-order valence-corrected chi connectivity index (χ4v) is 2.42. The summed E-state index contributed by atoms with van der Waals surface area (Å²) in [4.78, 5) is 0. The highest BCUT2D eigenvalue weighted by Gasteiger charge is 2.40. The summed E-state index contributed by atoms with van der Waals surface area (Å²) in [7, 11) is 0. The number of benzene rings is 1. The van der Waals surface area contributed by atoms with Crippen molar-refractivity contribution in [2.24, 2.45) is 0 Å². The number of hydrogen-bond donors (Lipinski definition) is 0. The number of para-hydroxylation sites is 1. The lowest BCUT2D eigenvalue weighted by Crippen LogP contribution is -2.17. The van der Waals surface area contributed by atoms with E-state index < -0.39 is 0 Å². The van der Waals surface area contributed by atoms with Crippen molar-refractivity contribution in [2.45, 2.75) is 64.4 Å². The second-order valence-corrected chi connectivity index (χ2v) is 6.49. The second-order valence-electron chi connectivity index (χ2n) is 6.49. The number of aryl methyl sites for hydroxylation is 1. The van der Waals surface area contributed by atoms with Gasteiger partial charge in [-0.1, -0.05) is 50.1 Å². The van der Waals surface area contributed by atoms with Crippen LogP contribution in [0.15, 0.2) is 36.4 Å². The van der Waals surface area contributed by atoms with Gasteiger partial charge in [-0.05, 0) is 50.7 Å². The molecule has 2 heteroatoms. The maximum atomic E-state index is 5.95. The van der Waals surface area contributed by atoms with Crippen LogP contribution < -0.4 is 4.74 Å². The van der Waals surface area contributed by atoms with Crippen LogP contribution in [-0.2, 0) is 11.2 Å². The van der Waals surface area contributed by atoms with Crippen LogP contribution >= 0.6 is 0 Å². The van der Waals surface area contributed by atoms with Gasteiger partial charge in [-0.25, -0.2) is 0 Å². The molecule has 0 radical (unpaired) electrons. The molecule has 1 saturated heterocycles. The summed E-state index contributed by atoms with van der Waals surface area (Å²) in [5.41, 5.74) is 1.28. The summed E-state index contributed by atoms with van der Waals surface area (Å²) in [6.45, 7) is 5.81. The minimum absolute atomic E-state index is 0.0452. The molecule has 1 aliphatic rings. The van der Waals surface area contributed by atoms with Gasteiger partial charge in [-0.2, -0.15) is 0 Å². The van der Waals surface area contributed by atoms with Crippen LogP contribution in [0.1, 0.15) is 57.9 Å². The van der Waals surface area contributed by atoms with E-state index in [2.05, 4.69) is 44.2 Å². The number of unbranched alkanes of at least 4 members (excludes halogenated alkanes) is 4. The summed E-state index contributed by atoms with van der Waals surface area (Å²) in [5, 5.41) is 0. The Morgan fingerprint density at radius 1 is 1.14 bits per heavy atom. The van der Waals surface area contributed by atoms with Crippen molar-refractivity contribution >= 4 is 0 Å². The number of ether oxygens (including phenoxy) is 2. The highest BCUT2D eigenvalue weighted by atomic mass is 16.6. The van der Waals surface area contributed by atoms with E-state index in [1.807, 2.05) is 6.07 Å². The maximum absolute atomic E-state index is 5.95. The standard InChI is InChI=1S/C20H30O2/c1-3-4-5-6-7-8-9-10-13-18-14-11-12-15-19(18)21-16-20(2)17-22-20/h6-7,11-12,14-15H,3-5,8-10,13,16-17H2,1-2H3/b7-6+. The van der Waals surface area contributed by atoms with Crippen molar-refractivity contribution in [3.63, 3.8) is 0 Å². The predicted octanol–water partition coefficient (Wildman–Crippen LogP) is 5.31. The van der Waals surface area contributed by atoms with Gasteiger partial charge in [0.1, 0.15) is 18.0 Å². The third-order valence-corrected chi connectivity index (χ3v) is 4.10. The van der Waals surface area contributed by atoms with E-state index in [4.69, 9.17) is 9.47 Å². The van der Waals surface area contributed by atoms with E-state index in [0.29, 0.717) is 6.61 Å². The van der Waals surface area contributed by atoms with Gasteiger partial charge >= 0.3 is 0 Å². The predicted molar refractivity (Wildman–Crippen MR) is 92.5 cm³/mol. The maximum Gasteiger partial charge on any atom is 0.123 e. The number of epoxide rings is 1. The minimum Gasteiger partial charge on any atom is -0.490 e. The van der Waals surface area contributed by atoms with E-state index in [1.165, 1.54) is 44.1 Å². The number of rotatable bonds is 11. The van der Waals surface area contributed by atoms with Crippen LogP contribution in [0, 0.1) is 0 Å². The molecule has 1 heterocycles. The van der Waals surface area contributed by atoms with Crippen molar-refractivity contribution in [3.05, 3.63) is 42.0 Å². The first kappa shape index (κ1) is 17.1. The average molecular weight is 302 g/mol. The Labute approximate surface area is 135 Å². The van der Waals surface area contributed by atoms with Crippen molar-refractivity contribution in [2.75, 3.05) is 13.2 Å². The van der Waals surface area contributed by atoms with E-state index >= 15 is 0 Å². The molecule has 0 N–H and O–H groups in total. The van der Waals surface area contributed by atoms with Crippen LogP contribution in [0.25, 0.3) is 0 Å². The van der Waals surface area contributed by atoms with Gasteiger partial charge < -0.3 is 9.47 Å².